The van der Waals surface area contributed by atoms with E-state index in [0.29, 0.717) is 0 Å². The number of benzene rings is 1. The molecule has 0 saturated heterocycles. The molecule has 1 fully saturated rings. The Morgan fingerprint density at radius 2 is 1.88 bits per heavy atom. The molecule has 0 heterocycles. The second-order valence-corrected chi connectivity index (χ2v) is 4.86. The van der Waals surface area contributed by atoms with Crippen molar-refractivity contribution < 1.29 is 9.90 Å². The van der Waals surface area contributed by atoms with E-state index in [4.69, 9.17) is 5.73 Å². The van der Waals surface area contributed by atoms with Crippen molar-refractivity contribution in [3.05, 3.63) is 35.9 Å². The van der Waals surface area contributed by atoms with Crippen LogP contribution in [-0.2, 0) is 10.2 Å². The van der Waals surface area contributed by atoms with Crippen LogP contribution >= 0.6 is 0 Å². The third kappa shape index (κ3) is 2.07. The number of carbonyl (C=O) groups is 1. The van der Waals surface area contributed by atoms with Gasteiger partial charge < -0.3 is 10.8 Å². The molecule has 2 rings (SSSR count). The van der Waals surface area contributed by atoms with Crippen molar-refractivity contribution in [2.24, 2.45) is 11.7 Å². The molecule has 0 aromatic heterocycles. The normalized spacial score (nSPS) is 20.1. The molecule has 3 heteroatoms. The second kappa shape index (κ2) is 4.88. The predicted octanol–water partition coefficient (Wildman–Crippen LogP) is 2.16. The van der Waals surface area contributed by atoms with Crippen molar-refractivity contribution in [1.29, 1.82) is 0 Å². The Kier molecular flexibility index (Phi) is 3.48. The fraction of sp³-hybridized carbons (Fsp3) is 0.500. The van der Waals surface area contributed by atoms with Crippen LogP contribution in [-0.4, -0.2) is 17.6 Å². The van der Waals surface area contributed by atoms with Crippen LogP contribution in [0.15, 0.2) is 30.3 Å². The maximum atomic E-state index is 11.4. The van der Waals surface area contributed by atoms with Crippen molar-refractivity contribution in [3.63, 3.8) is 0 Å². The van der Waals surface area contributed by atoms with Gasteiger partial charge in [-0.2, -0.15) is 0 Å². The summed E-state index contributed by atoms with van der Waals surface area (Å²) in [6.45, 7) is 0.213. The molecule has 1 aliphatic carbocycles. The van der Waals surface area contributed by atoms with Gasteiger partial charge in [0.2, 0.25) is 0 Å². The van der Waals surface area contributed by atoms with E-state index in [9.17, 15) is 9.90 Å². The molecule has 0 radical (unpaired) electrons. The van der Waals surface area contributed by atoms with E-state index >= 15 is 0 Å². The Morgan fingerprint density at radius 1 is 1.29 bits per heavy atom. The first-order valence-corrected chi connectivity index (χ1v) is 6.19. The molecule has 1 saturated carbocycles. The highest BCUT2D eigenvalue weighted by Gasteiger charge is 2.45. The summed E-state index contributed by atoms with van der Waals surface area (Å²) in [6.07, 6.45) is 4.06. The van der Waals surface area contributed by atoms with E-state index in [-0.39, 0.29) is 12.0 Å². The van der Waals surface area contributed by atoms with Gasteiger partial charge in [-0.15, -0.1) is 0 Å². The second-order valence-electron chi connectivity index (χ2n) is 4.86. The third-order valence-electron chi connectivity index (χ3n) is 4.05. The molecule has 0 amide bonds. The summed E-state index contributed by atoms with van der Waals surface area (Å²) in [7, 11) is 0. The van der Waals surface area contributed by atoms with Gasteiger partial charge in [0.05, 0.1) is 5.92 Å². The summed E-state index contributed by atoms with van der Waals surface area (Å²) >= 11 is 0. The van der Waals surface area contributed by atoms with E-state index in [2.05, 4.69) is 0 Å². The predicted molar refractivity (Wildman–Crippen MR) is 66.8 cm³/mol. The minimum Gasteiger partial charge on any atom is -0.481 e. The van der Waals surface area contributed by atoms with Crippen molar-refractivity contribution in [2.75, 3.05) is 6.54 Å². The van der Waals surface area contributed by atoms with E-state index in [1.165, 1.54) is 0 Å². The first-order valence-electron chi connectivity index (χ1n) is 6.19. The van der Waals surface area contributed by atoms with Crippen molar-refractivity contribution in [1.82, 2.24) is 0 Å². The molecule has 1 unspecified atom stereocenters. The molecule has 17 heavy (non-hydrogen) atoms. The molecular weight excluding hydrogens is 214 g/mol. The quantitative estimate of drug-likeness (QED) is 0.837. The molecule has 0 bridgehead atoms. The molecule has 1 aromatic rings. The molecule has 0 aliphatic heterocycles. The minimum atomic E-state index is -0.766. The standard InChI is InChI=1S/C14H19NO2/c15-10-12(13(16)17)14(8-4-5-9-14)11-6-2-1-3-7-11/h1-3,6-7,12H,4-5,8-10,15H2,(H,16,17). The largest absolute Gasteiger partial charge is 0.481 e. The Bertz CT molecular complexity index is 382. The van der Waals surface area contributed by atoms with Gasteiger partial charge in [0.25, 0.3) is 0 Å². The van der Waals surface area contributed by atoms with Crippen LogP contribution in [0.5, 0.6) is 0 Å². The van der Waals surface area contributed by atoms with Gasteiger partial charge in [-0.25, -0.2) is 0 Å². The SMILES string of the molecule is NCC(C(=O)O)C1(c2ccccc2)CCCC1. The van der Waals surface area contributed by atoms with Crippen LogP contribution in [0.2, 0.25) is 0 Å². The van der Waals surface area contributed by atoms with Crippen LogP contribution in [0.4, 0.5) is 0 Å². The molecule has 0 spiro atoms. The summed E-state index contributed by atoms with van der Waals surface area (Å²) in [5.74, 6) is -1.23. The number of rotatable bonds is 4. The average molecular weight is 233 g/mol. The van der Waals surface area contributed by atoms with Crippen molar-refractivity contribution >= 4 is 5.97 Å². The molecule has 1 aliphatic rings. The molecule has 1 atom stereocenters. The monoisotopic (exact) mass is 233 g/mol. The summed E-state index contributed by atoms with van der Waals surface area (Å²) in [4.78, 5) is 11.4. The third-order valence-corrected chi connectivity index (χ3v) is 4.05. The van der Waals surface area contributed by atoms with Gasteiger partial charge in [0.15, 0.2) is 0 Å². The number of carboxylic acid groups (broad SMARTS) is 1. The summed E-state index contributed by atoms with van der Waals surface area (Å²) in [5, 5.41) is 9.38. The van der Waals surface area contributed by atoms with Gasteiger partial charge in [0, 0.05) is 12.0 Å². The molecule has 92 valence electrons. The van der Waals surface area contributed by atoms with Crippen LogP contribution in [0.3, 0.4) is 0 Å². The number of aliphatic carboxylic acids is 1. The lowest BCUT2D eigenvalue weighted by Gasteiger charge is -2.35. The van der Waals surface area contributed by atoms with Crippen molar-refractivity contribution in [2.45, 2.75) is 31.1 Å². The first kappa shape index (κ1) is 12.1. The average Bonchev–Trinajstić information content (AvgIpc) is 2.81. The number of hydrogen-bond donors (Lipinski definition) is 2. The lowest BCUT2D eigenvalue weighted by molar-refractivity contribution is -0.144. The highest BCUT2D eigenvalue weighted by Crippen LogP contribution is 2.46. The van der Waals surface area contributed by atoms with Crippen LogP contribution in [0.25, 0.3) is 0 Å². The van der Waals surface area contributed by atoms with E-state index in [0.717, 1.165) is 31.2 Å². The maximum Gasteiger partial charge on any atom is 0.308 e. The van der Waals surface area contributed by atoms with E-state index in [1.807, 2.05) is 30.3 Å². The summed E-state index contributed by atoms with van der Waals surface area (Å²) in [6, 6.07) is 9.99. The lowest BCUT2D eigenvalue weighted by atomic mass is 9.69. The first-order chi connectivity index (χ1) is 8.20. The summed E-state index contributed by atoms with van der Waals surface area (Å²) < 4.78 is 0. The smallest absolute Gasteiger partial charge is 0.308 e. The molecular formula is C14H19NO2. The fourth-order valence-electron chi connectivity index (χ4n) is 3.18. The fourth-order valence-corrected chi connectivity index (χ4v) is 3.18. The van der Waals surface area contributed by atoms with Gasteiger partial charge in [-0.1, -0.05) is 43.2 Å². The highest BCUT2D eigenvalue weighted by atomic mass is 16.4. The van der Waals surface area contributed by atoms with E-state index < -0.39 is 11.9 Å². The number of hydrogen-bond acceptors (Lipinski definition) is 2. The van der Waals surface area contributed by atoms with Gasteiger partial charge in [-0.05, 0) is 18.4 Å². The lowest BCUT2D eigenvalue weighted by Crippen LogP contribution is -2.42. The molecule has 3 nitrogen and oxygen atoms in total. The minimum absolute atomic E-state index is 0.213. The zero-order valence-electron chi connectivity index (χ0n) is 9.93. The highest BCUT2D eigenvalue weighted by molar-refractivity contribution is 5.73. The van der Waals surface area contributed by atoms with Crippen molar-refractivity contribution in [3.8, 4) is 0 Å². The molecule has 1 aromatic carbocycles. The topological polar surface area (TPSA) is 63.3 Å². The number of carboxylic acids is 1. The Hall–Kier alpha value is -1.35. The van der Waals surface area contributed by atoms with Gasteiger partial charge in [0.1, 0.15) is 0 Å². The molecule has 3 N–H and O–H groups in total. The Labute approximate surface area is 102 Å². The number of nitrogens with two attached hydrogens (primary N) is 1. The maximum absolute atomic E-state index is 11.4. The van der Waals surface area contributed by atoms with Gasteiger partial charge >= 0.3 is 5.97 Å². The van der Waals surface area contributed by atoms with Gasteiger partial charge in [-0.3, -0.25) is 4.79 Å². The Balaban J connectivity index is 2.42. The zero-order chi connectivity index (χ0) is 12.3. The van der Waals surface area contributed by atoms with E-state index in [1.54, 1.807) is 0 Å². The van der Waals surface area contributed by atoms with Crippen LogP contribution in [0.1, 0.15) is 31.2 Å². The Morgan fingerprint density at radius 3 is 2.35 bits per heavy atom. The summed E-state index contributed by atoms with van der Waals surface area (Å²) in [5.41, 5.74) is 6.58. The van der Waals surface area contributed by atoms with Crippen LogP contribution in [0, 0.1) is 5.92 Å². The zero-order valence-corrected chi connectivity index (χ0v) is 9.93. The van der Waals surface area contributed by atoms with Crippen LogP contribution < -0.4 is 5.73 Å².